The first-order chi connectivity index (χ1) is 12.2. The Morgan fingerprint density at radius 3 is 2.32 bits per heavy atom. The van der Waals surface area contributed by atoms with Crippen molar-refractivity contribution in [1.82, 2.24) is 0 Å². The Hall–Kier alpha value is -2.95. The summed E-state index contributed by atoms with van der Waals surface area (Å²) in [6.45, 7) is 2.04. The van der Waals surface area contributed by atoms with E-state index in [9.17, 15) is 9.59 Å². The Balaban J connectivity index is 1.83. The van der Waals surface area contributed by atoms with Crippen LogP contribution in [-0.2, 0) is 14.3 Å². The molecule has 0 aliphatic carbocycles. The maximum atomic E-state index is 12.4. The topological polar surface area (TPSA) is 65.0 Å². The fourth-order valence-electron chi connectivity index (χ4n) is 2.75. The van der Waals surface area contributed by atoms with E-state index in [2.05, 4.69) is 4.99 Å². The van der Waals surface area contributed by atoms with E-state index >= 15 is 0 Å². The minimum Gasteiger partial charge on any atom is -0.464 e. The number of nitrogens with zero attached hydrogens (tertiary/aromatic N) is 1. The van der Waals surface area contributed by atoms with Gasteiger partial charge in [0.25, 0.3) is 0 Å². The summed E-state index contributed by atoms with van der Waals surface area (Å²) < 4.78 is 10.7. The number of carbonyl (C=O) groups excluding carboxylic acids is 2. The number of hydrogen-bond donors (Lipinski definition) is 0. The number of carbonyl (C=O) groups is 2. The number of rotatable bonds is 5. The van der Waals surface area contributed by atoms with Crippen LogP contribution in [0.25, 0.3) is 0 Å². The highest BCUT2D eigenvalue weighted by Gasteiger charge is 2.36. The lowest BCUT2D eigenvalue weighted by Crippen LogP contribution is -2.27. The molecule has 0 unspecified atom stereocenters. The van der Waals surface area contributed by atoms with Gasteiger partial charge in [0.05, 0.1) is 17.9 Å². The summed E-state index contributed by atoms with van der Waals surface area (Å²) in [7, 11) is 0. The summed E-state index contributed by atoms with van der Waals surface area (Å²) in [4.78, 5) is 28.9. The molecule has 2 aromatic rings. The number of esters is 2. The lowest BCUT2D eigenvalue weighted by molar-refractivity contribution is -0.144. The molecule has 0 saturated heterocycles. The third kappa shape index (κ3) is 3.94. The van der Waals surface area contributed by atoms with Gasteiger partial charge in [0, 0.05) is 6.42 Å². The standard InChI is InChI=1S/C20H19NO4/c1-2-24-20(23)16-13-17(18(21-16)14-9-5-3-6-10-14)25-19(22)15-11-7-4-8-12-15/h3-12,16-17H,2,13H2,1H3/t16-,17+/m1/s1. The summed E-state index contributed by atoms with van der Waals surface area (Å²) in [6.07, 6.45) is -0.286. The van der Waals surface area contributed by atoms with E-state index in [0.717, 1.165) is 5.56 Å². The average molecular weight is 337 g/mol. The third-order valence-electron chi connectivity index (χ3n) is 3.92. The van der Waals surface area contributed by atoms with Crippen molar-refractivity contribution in [2.24, 2.45) is 4.99 Å². The summed E-state index contributed by atoms with van der Waals surface area (Å²) in [5.41, 5.74) is 1.90. The second-order valence-electron chi connectivity index (χ2n) is 5.64. The Morgan fingerprint density at radius 1 is 1.04 bits per heavy atom. The highest BCUT2D eigenvalue weighted by atomic mass is 16.5. The lowest BCUT2D eigenvalue weighted by Gasteiger charge is -2.15. The zero-order valence-corrected chi connectivity index (χ0v) is 13.9. The molecule has 2 atom stereocenters. The molecule has 0 aromatic heterocycles. The molecule has 1 heterocycles. The van der Waals surface area contributed by atoms with E-state index in [0.29, 0.717) is 24.3 Å². The molecule has 0 N–H and O–H groups in total. The van der Waals surface area contributed by atoms with Gasteiger partial charge in [0.1, 0.15) is 6.10 Å². The van der Waals surface area contributed by atoms with Crippen LogP contribution in [0.2, 0.25) is 0 Å². The van der Waals surface area contributed by atoms with Gasteiger partial charge in [-0.3, -0.25) is 4.99 Å². The van der Waals surface area contributed by atoms with E-state index in [1.807, 2.05) is 36.4 Å². The molecule has 0 bridgehead atoms. The highest BCUT2D eigenvalue weighted by molar-refractivity contribution is 6.08. The second-order valence-corrected chi connectivity index (χ2v) is 5.64. The summed E-state index contributed by atoms with van der Waals surface area (Å²) in [5, 5.41) is 0. The van der Waals surface area contributed by atoms with Gasteiger partial charge >= 0.3 is 11.9 Å². The third-order valence-corrected chi connectivity index (χ3v) is 3.92. The van der Waals surface area contributed by atoms with Crippen molar-refractivity contribution in [2.75, 3.05) is 6.61 Å². The minimum atomic E-state index is -0.649. The fourth-order valence-corrected chi connectivity index (χ4v) is 2.75. The molecule has 2 aromatic carbocycles. The molecule has 5 nitrogen and oxygen atoms in total. The van der Waals surface area contributed by atoms with E-state index in [1.54, 1.807) is 31.2 Å². The minimum absolute atomic E-state index is 0.292. The number of benzene rings is 2. The quantitative estimate of drug-likeness (QED) is 0.787. The zero-order valence-electron chi connectivity index (χ0n) is 13.9. The predicted octanol–water partition coefficient (Wildman–Crippen LogP) is 3.04. The Kier molecular flexibility index (Phi) is 5.23. The molecular weight excluding hydrogens is 318 g/mol. The summed E-state index contributed by atoms with van der Waals surface area (Å²) in [5.74, 6) is -0.826. The largest absolute Gasteiger partial charge is 0.464 e. The van der Waals surface area contributed by atoms with Crippen LogP contribution >= 0.6 is 0 Å². The van der Waals surface area contributed by atoms with Gasteiger partial charge in [0.2, 0.25) is 0 Å². The molecule has 3 rings (SSSR count). The highest BCUT2D eigenvalue weighted by Crippen LogP contribution is 2.24. The van der Waals surface area contributed by atoms with Crippen LogP contribution in [0.4, 0.5) is 0 Å². The molecule has 0 saturated carbocycles. The molecule has 0 radical (unpaired) electrons. The number of aliphatic imine (C=N–C) groups is 1. The van der Waals surface area contributed by atoms with E-state index in [1.165, 1.54) is 0 Å². The van der Waals surface area contributed by atoms with Gasteiger partial charge in [-0.15, -0.1) is 0 Å². The van der Waals surface area contributed by atoms with E-state index < -0.39 is 24.1 Å². The first-order valence-corrected chi connectivity index (χ1v) is 8.25. The Morgan fingerprint density at radius 2 is 1.68 bits per heavy atom. The van der Waals surface area contributed by atoms with Crippen molar-refractivity contribution >= 4 is 17.7 Å². The SMILES string of the molecule is CCOC(=O)[C@H]1C[C@H](OC(=O)c2ccccc2)C(c2ccccc2)=N1. The van der Waals surface area contributed by atoms with Crippen LogP contribution in [-0.4, -0.2) is 36.4 Å². The van der Waals surface area contributed by atoms with Gasteiger partial charge in [-0.25, -0.2) is 9.59 Å². The van der Waals surface area contributed by atoms with Crippen molar-refractivity contribution in [3.05, 3.63) is 71.8 Å². The van der Waals surface area contributed by atoms with Crippen LogP contribution in [0.15, 0.2) is 65.7 Å². The number of ether oxygens (including phenoxy) is 2. The van der Waals surface area contributed by atoms with E-state index in [4.69, 9.17) is 9.47 Å². The molecule has 1 aliphatic rings. The monoisotopic (exact) mass is 337 g/mol. The fraction of sp³-hybridized carbons (Fsp3) is 0.250. The maximum absolute atomic E-state index is 12.4. The van der Waals surface area contributed by atoms with Crippen molar-refractivity contribution in [2.45, 2.75) is 25.5 Å². The molecule has 0 amide bonds. The van der Waals surface area contributed by atoms with Crippen molar-refractivity contribution in [3.63, 3.8) is 0 Å². The van der Waals surface area contributed by atoms with Crippen molar-refractivity contribution in [3.8, 4) is 0 Å². The zero-order chi connectivity index (χ0) is 17.6. The van der Waals surface area contributed by atoms with Gasteiger partial charge in [-0.1, -0.05) is 48.5 Å². The molecule has 0 fully saturated rings. The molecule has 128 valence electrons. The Labute approximate surface area is 146 Å². The smallest absolute Gasteiger partial charge is 0.338 e. The summed E-state index contributed by atoms with van der Waals surface area (Å²) in [6, 6.07) is 17.6. The summed E-state index contributed by atoms with van der Waals surface area (Å²) >= 11 is 0. The molecular formula is C20H19NO4. The molecule has 5 heteroatoms. The van der Waals surface area contributed by atoms with Crippen LogP contribution in [0.1, 0.15) is 29.3 Å². The first kappa shape index (κ1) is 16.9. The van der Waals surface area contributed by atoms with Gasteiger partial charge < -0.3 is 9.47 Å². The first-order valence-electron chi connectivity index (χ1n) is 8.25. The lowest BCUT2D eigenvalue weighted by atomic mass is 10.0. The normalized spacial score (nSPS) is 19.2. The second kappa shape index (κ2) is 7.75. The van der Waals surface area contributed by atoms with Crippen molar-refractivity contribution in [1.29, 1.82) is 0 Å². The van der Waals surface area contributed by atoms with Crippen LogP contribution < -0.4 is 0 Å². The number of hydrogen-bond acceptors (Lipinski definition) is 5. The van der Waals surface area contributed by atoms with Gasteiger partial charge in [0.15, 0.2) is 6.04 Å². The van der Waals surface area contributed by atoms with Crippen LogP contribution in [0, 0.1) is 0 Å². The molecule has 1 aliphatic heterocycles. The Bertz CT molecular complexity index is 771. The molecule has 25 heavy (non-hydrogen) atoms. The maximum Gasteiger partial charge on any atom is 0.338 e. The van der Waals surface area contributed by atoms with Gasteiger partial charge in [-0.2, -0.15) is 0 Å². The predicted molar refractivity (Wildman–Crippen MR) is 93.7 cm³/mol. The van der Waals surface area contributed by atoms with E-state index in [-0.39, 0.29) is 0 Å². The van der Waals surface area contributed by atoms with Crippen LogP contribution in [0.3, 0.4) is 0 Å². The van der Waals surface area contributed by atoms with Gasteiger partial charge in [-0.05, 0) is 24.6 Å². The average Bonchev–Trinajstić information content (AvgIpc) is 3.07. The van der Waals surface area contributed by atoms with Crippen molar-refractivity contribution < 1.29 is 19.1 Å². The molecule has 0 spiro atoms. The van der Waals surface area contributed by atoms with Crippen LogP contribution in [0.5, 0.6) is 0 Å².